The molecule has 1 fully saturated rings. The summed E-state index contributed by atoms with van der Waals surface area (Å²) in [5, 5.41) is 6.43. The molecule has 1 aliphatic rings. The minimum Gasteiger partial charge on any atom is -0.348 e. The van der Waals surface area contributed by atoms with Gasteiger partial charge in [-0.3, -0.25) is 14.6 Å². The lowest BCUT2D eigenvalue weighted by Gasteiger charge is -2.12. The highest BCUT2D eigenvalue weighted by Crippen LogP contribution is 2.21. The fourth-order valence-corrected chi connectivity index (χ4v) is 3.21. The van der Waals surface area contributed by atoms with Crippen molar-refractivity contribution in [2.45, 2.75) is 38.6 Å². The number of nitrogens with one attached hydrogen (secondary N) is 2. The number of pyridine rings is 1. The second kappa shape index (κ2) is 7.66. The number of rotatable bonds is 4. The van der Waals surface area contributed by atoms with Crippen molar-refractivity contribution < 1.29 is 9.59 Å². The van der Waals surface area contributed by atoms with Crippen molar-refractivity contribution in [2.24, 2.45) is 0 Å². The van der Waals surface area contributed by atoms with Gasteiger partial charge in [-0.2, -0.15) is 0 Å². The molecule has 0 radical (unpaired) electrons. The third-order valence-corrected chi connectivity index (χ3v) is 4.62. The monoisotopic (exact) mass is 357 g/mol. The second-order valence-electron chi connectivity index (χ2n) is 6.30. The molecule has 2 aromatic rings. The lowest BCUT2D eigenvalue weighted by atomic mass is 10.1. The number of carbonyl (C=O) groups is 2. The van der Waals surface area contributed by atoms with Crippen LogP contribution in [0, 0.1) is 6.92 Å². The fourth-order valence-electron chi connectivity index (χ4n) is 2.99. The second-order valence-corrected chi connectivity index (χ2v) is 6.73. The van der Waals surface area contributed by atoms with Gasteiger partial charge in [0.2, 0.25) is 0 Å². The van der Waals surface area contributed by atoms with Crippen LogP contribution in [-0.4, -0.2) is 22.8 Å². The van der Waals surface area contributed by atoms with E-state index < -0.39 is 0 Å². The molecule has 0 saturated heterocycles. The molecule has 3 rings (SSSR count). The zero-order valence-electron chi connectivity index (χ0n) is 14.0. The molecule has 1 saturated carbocycles. The first kappa shape index (κ1) is 17.4. The number of carbonyl (C=O) groups excluding carboxylic acids is 2. The van der Waals surface area contributed by atoms with Gasteiger partial charge in [-0.15, -0.1) is 0 Å². The van der Waals surface area contributed by atoms with Crippen molar-refractivity contribution in [3.05, 3.63) is 58.4 Å². The van der Waals surface area contributed by atoms with Gasteiger partial charge >= 0.3 is 0 Å². The molecule has 6 heteroatoms. The lowest BCUT2D eigenvalue weighted by Crippen LogP contribution is -2.33. The summed E-state index contributed by atoms with van der Waals surface area (Å²) in [5.74, 6) is -0.521. The largest absolute Gasteiger partial charge is 0.348 e. The summed E-state index contributed by atoms with van der Waals surface area (Å²) in [6.07, 6.45) is 5.76. The molecule has 25 heavy (non-hydrogen) atoms. The molecule has 1 heterocycles. The van der Waals surface area contributed by atoms with Crippen LogP contribution in [0.2, 0.25) is 5.02 Å². The van der Waals surface area contributed by atoms with Crippen LogP contribution in [0.1, 0.15) is 52.1 Å². The zero-order valence-corrected chi connectivity index (χ0v) is 14.8. The maximum Gasteiger partial charge on any atom is 0.270 e. The van der Waals surface area contributed by atoms with Crippen molar-refractivity contribution in [1.82, 2.24) is 10.3 Å². The maximum atomic E-state index is 12.5. The molecule has 0 unspecified atom stereocenters. The highest BCUT2D eigenvalue weighted by Gasteiger charge is 2.19. The predicted molar refractivity (Wildman–Crippen MR) is 98.1 cm³/mol. The number of aromatic nitrogens is 1. The van der Waals surface area contributed by atoms with Gasteiger partial charge in [-0.25, -0.2) is 0 Å². The topological polar surface area (TPSA) is 71.1 Å². The molecule has 1 aromatic heterocycles. The van der Waals surface area contributed by atoms with Gasteiger partial charge in [0.05, 0.1) is 0 Å². The number of halogens is 1. The van der Waals surface area contributed by atoms with E-state index in [-0.39, 0.29) is 23.6 Å². The standard InChI is InChI=1S/C19H20ClN3O2/c1-12-10-14(20)6-7-16(12)23-18(24)13-8-9-21-17(11-13)19(25)22-15-4-2-3-5-15/h6-11,15H,2-5H2,1H3,(H,22,25)(H,23,24). The molecule has 1 aliphatic carbocycles. The van der Waals surface area contributed by atoms with E-state index in [0.29, 0.717) is 16.3 Å². The highest BCUT2D eigenvalue weighted by atomic mass is 35.5. The lowest BCUT2D eigenvalue weighted by molar-refractivity contribution is 0.0933. The number of aryl methyl sites for hydroxylation is 1. The van der Waals surface area contributed by atoms with Crippen LogP contribution in [0.5, 0.6) is 0 Å². The van der Waals surface area contributed by atoms with E-state index in [1.165, 1.54) is 12.3 Å². The van der Waals surface area contributed by atoms with Crippen LogP contribution in [0.15, 0.2) is 36.5 Å². The SMILES string of the molecule is Cc1cc(Cl)ccc1NC(=O)c1ccnc(C(=O)NC2CCCC2)c1. The molecule has 0 aliphatic heterocycles. The van der Waals surface area contributed by atoms with Crippen molar-refractivity contribution >= 4 is 29.1 Å². The smallest absolute Gasteiger partial charge is 0.270 e. The quantitative estimate of drug-likeness (QED) is 0.869. The van der Waals surface area contributed by atoms with Crippen LogP contribution in [0.4, 0.5) is 5.69 Å². The van der Waals surface area contributed by atoms with Crippen molar-refractivity contribution in [3.63, 3.8) is 0 Å². The van der Waals surface area contributed by atoms with E-state index in [1.807, 2.05) is 6.92 Å². The molecule has 0 bridgehead atoms. The van der Waals surface area contributed by atoms with Gasteiger partial charge in [0.15, 0.2) is 0 Å². The normalized spacial score (nSPS) is 14.3. The Morgan fingerprint density at radius 3 is 2.60 bits per heavy atom. The third-order valence-electron chi connectivity index (χ3n) is 4.38. The Labute approximate surface area is 151 Å². The molecule has 1 aromatic carbocycles. The Balaban J connectivity index is 1.71. The molecule has 130 valence electrons. The number of hydrogen-bond acceptors (Lipinski definition) is 3. The molecular weight excluding hydrogens is 338 g/mol. The number of anilines is 1. The van der Waals surface area contributed by atoms with E-state index in [2.05, 4.69) is 15.6 Å². The van der Waals surface area contributed by atoms with Crippen LogP contribution in [-0.2, 0) is 0 Å². The number of amides is 2. The van der Waals surface area contributed by atoms with Gasteiger partial charge in [-0.1, -0.05) is 24.4 Å². The van der Waals surface area contributed by atoms with E-state index in [4.69, 9.17) is 11.6 Å². The Kier molecular flexibility index (Phi) is 5.34. The number of nitrogens with zero attached hydrogens (tertiary/aromatic N) is 1. The van der Waals surface area contributed by atoms with E-state index >= 15 is 0 Å². The molecule has 0 atom stereocenters. The summed E-state index contributed by atoms with van der Waals surface area (Å²) in [6.45, 7) is 1.87. The predicted octanol–water partition coefficient (Wildman–Crippen LogP) is 3.97. The van der Waals surface area contributed by atoms with Crippen LogP contribution < -0.4 is 10.6 Å². The van der Waals surface area contributed by atoms with Gasteiger partial charge < -0.3 is 10.6 Å². The summed E-state index contributed by atoms with van der Waals surface area (Å²) in [4.78, 5) is 28.9. The zero-order chi connectivity index (χ0) is 17.8. The molecule has 2 amide bonds. The molecular formula is C19H20ClN3O2. The molecule has 2 N–H and O–H groups in total. The van der Waals surface area contributed by atoms with E-state index in [1.54, 1.807) is 24.3 Å². The summed E-state index contributed by atoms with van der Waals surface area (Å²) < 4.78 is 0. The highest BCUT2D eigenvalue weighted by molar-refractivity contribution is 6.30. The van der Waals surface area contributed by atoms with Crippen LogP contribution >= 0.6 is 11.6 Å². The average Bonchev–Trinajstić information content (AvgIpc) is 3.10. The summed E-state index contributed by atoms with van der Waals surface area (Å²) in [6, 6.07) is 8.58. The Hall–Kier alpha value is -2.40. The summed E-state index contributed by atoms with van der Waals surface area (Å²) in [7, 11) is 0. The van der Waals surface area contributed by atoms with E-state index in [9.17, 15) is 9.59 Å². The van der Waals surface area contributed by atoms with Gasteiger partial charge in [0.1, 0.15) is 5.69 Å². The number of benzene rings is 1. The first-order valence-corrected chi connectivity index (χ1v) is 8.75. The van der Waals surface area contributed by atoms with Crippen LogP contribution in [0.3, 0.4) is 0 Å². The van der Waals surface area contributed by atoms with E-state index in [0.717, 1.165) is 31.2 Å². The molecule has 0 spiro atoms. The summed E-state index contributed by atoms with van der Waals surface area (Å²) >= 11 is 5.93. The first-order valence-electron chi connectivity index (χ1n) is 8.37. The Bertz CT molecular complexity index is 801. The van der Waals surface area contributed by atoms with Crippen molar-refractivity contribution in [1.29, 1.82) is 0 Å². The van der Waals surface area contributed by atoms with Gasteiger partial charge in [0.25, 0.3) is 11.8 Å². The minimum absolute atomic E-state index is 0.212. The maximum absolute atomic E-state index is 12.5. The number of hydrogen-bond donors (Lipinski definition) is 2. The van der Waals surface area contributed by atoms with Gasteiger partial charge in [-0.05, 0) is 55.7 Å². The summed E-state index contributed by atoms with van der Waals surface area (Å²) in [5.41, 5.74) is 2.20. The Morgan fingerprint density at radius 1 is 1.12 bits per heavy atom. The third kappa shape index (κ3) is 4.37. The first-order chi connectivity index (χ1) is 12.0. The van der Waals surface area contributed by atoms with Crippen molar-refractivity contribution in [3.8, 4) is 0 Å². The Morgan fingerprint density at radius 2 is 1.88 bits per heavy atom. The van der Waals surface area contributed by atoms with Gasteiger partial charge in [0, 0.05) is 28.5 Å². The fraction of sp³-hybridized carbons (Fsp3) is 0.316. The van der Waals surface area contributed by atoms with Crippen molar-refractivity contribution in [2.75, 3.05) is 5.32 Å². The molecule has 5 nitrogen and oxygen atoms in total. The average molecular weight is 358 g/mol. The van der Waals surface area contributed by atoms with Crippen LogP contribution in [0.25, 0.3) is 0 Å². The minimum atomic E-state index is -0.289.